The molecule has 1 aliphatic rings. The molecule has 5 heteroatoms. The first-order valence-electron chi connectivity index (χ1n) is 6.66. The van der Waals surface area contributed by atoms with E-state index in [-0.39, 0.29) is 11.8 Å². The van der Waals surface area contributed by atoms with Gasteiger partial charge in [-0.15, -0.1) is 0 Å². The maximum atomic E-state index is 11.7. The van der Waals surface area contributed by atoms with Gasteiger partial charge in [0.15, 0.2) is 6.23 Å². The van der Waals surface area contributed by atoms with Gasteiger partial charge < -0.3 is 20.5 Å². The van der Waals surface area contributed by atoms with Crippen molar-refractivity contribution >= 4 is 6.03 Å². The number of carbonyl (C=O) groups excluding carboxylic acids is 1. The summed E-state index contributed by atoms with van der Waals surface area (Å²) in [4.78, 5) is 11.7. The average molecular weight is 264 g/mol. The molecule has 2 amide bonds. The van der Waals surface area contributed by atoms with Gasteiger partial charge in [0.25, 0.3) is 0 Å². The first kappa shape index (κ1) is 13.5. The van der Waals surface area contributed by atoms with Gasteiger partial charge in [-0.3, -0.25) is 0 Å². The first-order chi connectivity index (χ1) is 9.13. The van der Waals surface area contributed by atoms with Crippen LogP contribution in [-0.4, -0.2) is 23.4 Å². The molecule has 1 aliphatic carbocycles. The van der Waals surface area contributed by atoms with Gasteiger partial charge >= 0.3 is 6.03 Å². The lowest BCUT2D eigenvalue weighted by Gasteiger charge is -2.18. The summed E-state index contributed by atoms with van der Waals surface area (Å²) in [5.74, 6) is 0.790. The number of phenolic OH excluding ortho intramolecular Hbond substituents is 1. The van der Waals surface area contributed by atoms with E-state index in [4.69, 9.17) is 9.84 Å². The molecule has 0 saturated heterocycles. The van der Waals surface area contributed by atoms with Crippen LogP contribution in [0.3, 0.4) is 0 Å². The standard InChI is InChI=1S/C14H20N2O3/c1-10(19-13-8-6-12(17)7-9-13)15-14(18)16-11-4-2-3-5-11/h6-11,17H,2-5H2,1H3,(H2,15,16,18). The summed E-state index contributed by atoms with van der Waals surface area (Å²) in [5, 5.41) is 14.8. The van der Waals surface area contributed by atoms with Crippen LogP contribution in [0, 0.1) is 0 Å². The van der Waals surface area contributed by atoms with Crippen LogP contribution in [0.25, 0.3) is 0 Å². The number of rotatable bonds is 4. The molecule has 0 heterocycles. The topological polar surface area (TPSA) is 70.6 Å². The van der Waals surface area contributed by atoms with E-state index in [2.05, 4.69) is 10.6 Å². The molecule has 1 unspecified atom stereocenters. The molecule has 0 bridgehead atoms. The third kappa shape index (κ3) is 4.35. The van der Waals surface area contributed by atoms with Crippen LogP contribution in [-0.2, 0) is 0 Å². The Morgan fingerprint density at radius 2 is 1.95 bits per heavy atom. The van der Waals surface area contributed by atoms with Crippen LogP contribution in [0.15, 0.2) is 24.3 Å². The van der Waals surface area contributed by atoms with Gasteiger partial charge in [0.2, 0.25) is 0 Å². The Hall–Kier alpha value is -1.91. The highest BCUT2D eigenvalue weighted by Crippen LogP contribution is 2.18. The molecule has 104 valence electrons. The van der Waals surface area contributed by atoms with Gasteiger partial charge in [0.1, 0.15) is 11.5 Å². The van der Waals surface area contributed by atoms with E-state index in [0.29, 0.717) is 11.8 Å². The van der Waals surface area contributed by atoms with E-state index in [0.717, 1.165) is 12.8 Å². The number of carbonyl (C=O) groups is 1. The molecule has 1 fully saturated rings. The fraction of sp³-hybridized carbons (Fsp3) is 0.500. The third-order valence-corrected chi connectivity index (χ3v) is 3.17. The maximum absolute atomic E-state index is 11.7. The number of hydrogen-bond acceptors (Lipinski definition) is 3. The molecule has 19 heavy (non-hydrogen) atoms. The Morgan fingerprint density at radius 3 is 2.58 bits per heavy atom. The lowest BCUT2D eigenvalue weighted by Crippen LogP contribution is -2.46. The van der Waals surface area contributed by atoms with Crippen molar-refractivity contribution in [2.45, 2.75) is 44.9 Å². The van der Waals surface area contributed by atoms with Crippen LogP contribution >= 0.6 is 0 Å². The van der Waals surface area contributed by atoms with E-state index < -0.39 is 6.23 Å². The summed E-state index contributed by atoms with van der Waals surface area (Å²) >= 11 is 0. The molecule has 3 N–H and O–H groups in total. The Morgan fingerprint density at radius 1 is 1.32 bits per heavy atom. The zero-order chi connectivity index (χ0) is 13.7. The molecule has 2 rings (SSSR count). The van der Waals surface area contributed by atoms with Gasteiger partial charge in [-0.25, -0.2) is 4.79 Å². The SMILES string of the molecule is CC(NC(=O)NC1CCCC1)Oc1ccc(O)cc1. The number of hydrogen-bond donors (Lipinski definition) is 3. The van der Waals surface area contributed by atoms with Crippen molar-refractivity contribution in [3.05, 3.63) is 24.3 Å². The van der Waals surface area contributed by atoms with Crippen LogP contribution in [0.4, 0.5) is 4.79 Å². The number of phenols is 1. The molecule has 0 spiro atoms. The van der Waals surface area contributed by atoms with Gasteiger partial charge in [-0.1, -0.05) is 12.8 Å². The van der Waals surface area contributed by atoms with Crippen LogP contribution < -0.4 is 15.4 Å². The predicted molar refractivity (Wildman–Crippen MR) is 72.1 cm³/mol. The molecular weight excluding hydrogens is 244 g/mol. The minimum absolute atomic E-state index is 0.187. The Bertz CT molecular complexity index is 413. The first-order valence-corrected chi connectivity index (χ1v) is 6.66. The number of amides is 2. The lowest BCUT2D eigenvalue weighted by atomic mass is 10.2. The summed E-state index contributed by atoms with van der Waals surface area (Å²) in [7, 11) is 0. The van der Waals surface area contributed by atoms with Crippen molar-refractivity contribution in [2.24, 2.45) is 0 Å². The van der Waals surface area contributed by atoms with E-state index >= 15 is 0 Å². The predicted octanol–water partition coefficient (Wildman–Crippen LogP) is 2.36. The third-order valence-electron chi connectivity index (χ3n) is 3.17. The molecule has 1 atom stereocenters. The summed E-state index contributed by atoms with van der Waals surface area (Å²) in [6.07, 6.45) is 4.06. The number of ether oxygens (including phenoxy) is 1. The van der Waals surface area contributed by atoms with Crippen LogP contribution in [0.2, 0.25) is 0 Å². The summed E-state index contributed by atoms with van der Waals surface area (Å²) < 4.78 is 5.52. The normalized spacial score (nSPS) is 16.9. The van der Waals surface area contributed by atoms with Crippen molar-refractivity contribution in [2.75, 3.05) is 0 Å². The lowest BCUT2D eigenvalue weighted by molar-refractivity contribution is 0.175. The van der Waals surface area contributed by atoms with E-state index in [1.54, 1.807) is 31.2 Å². The Kier molecular flexibility index (Phi) is 4.49. The second-order valence-electron chi connectivity index (χ2n) is 4.85. The number of urea groups is 1. The second-order valence-corrected chi connectivity index (χ2v) is 4.85. The summed E-state index contributed by atoms with van der Waals surface area (Å²) in [6.45, 7) is 1.76. The Labute approximate surface area is 113 Å². The zero-order valence-electron chi connectivity index (χ0n) is 11.1. The largest absolute Gasteiger partial charge is 0.508 e. The molecule has 0 aromatic heterocycles. The smallest absolute Gasteiger partial charge is 0.317 e. The maximum Gasteiger partial charge on any atom is 0.317 e. The molecule has 5 nitrogen and oxygen atoms in total. The van der Waals surface area contributed by atoms with Gasteiger partial charge in [0, 0.05) is 6.04 Å². The Balaban J connectivity index is 1.75. The van der Waals surface area contributed by atoms with Crippen LogP contribution in [0.1, 0.15) is 32.6 Å². The highest BCUT2D eigenvalue weighted by molar-refractivity contribution is 5.74. The quantitative estimate of drug-likeness (QED) is 0.731. The zero-order valence-corrected chi connectivity index (χ0v) is 11.1. The second kappa shape index (κ2) is 6.31. The number of nitrogens with one attached hydrogen (secondary N) is 2. The van der Waals surface area contributed by atoms with Gasteiger partial charge in [-0.05, 0) is 44.0 Å². The monoisotopic (exact) mass is 264 g/mol. The van der Waals surface area contributed by atoms with Gasteiger partial charge in [0.05, 0.1) is 0 Å². The summed E-state index contributed by atoms with van der Waals surface area (Å²) in [5.41, 5.74) is 0. The molecule has 1 aromatic rings. The summed E-state index contributed by atoms with van der Waals surface area (Å²) in [6, 6.07) is 6.49. The van der Waals surface area contributed by atoms with Crippen molar-refractivity contribution < 1.29 is 14.6 Å². The minimum Gasteiger partial charge on any atom is -0.508 e. The van der Waals surface area contributed by atoms with Crippen molar-refractivity contribution in [1.82, 2.24) is 10.6 Å². The number of benzene rings is 1. The molecule has 0 aliphatic heterocycles. The highest BCUT2D eigenvalue weighted by Gasteiger charge is 2.18. The minimum atomic E-state index is -0.425. The average Bonchev–Trinajstić information content (AvgIpc) is 2.84. The molecule has 1 saturated carbocycles. The van der Waals surface area contributed by atoms with Crippen molar-refractivity contribution in [3.8, 4) is 11.5 Å². The van der Waals surface area contributed by atoms with E-state index in [1.165, 1.54) is 12.8 Å². The van der Waals surface area contributed by atoms with E-state index in [9.17, 15) is 4.79 Å². The molecule has 0 radical (unpaired) electrons. The van der Waals surface area contributed by atoms with Gasteiger partial charge in [-0.2, -0.15) is 0 Å². The fourth-order valence-electron chi connectivity index (χ4n) is 2.24. The molecule has 1 aromatic carbocycles. The van der Waals surface area contributed by atoms with Crippen molar-refractivity contribution in [1.29, 1.82) is 0 Å². The van der Waals surface area contributed by atoms with Crippen molar-refractivity contribution in [3.63, 3.8) is 0 Å². The highest BCUT2D eigenvalue weighted by atomic mass is 16.5. The fourth-order valence-corrected chi connectivity index (χ4v) is 2.24. The molecular formula is C14H20N2O3. The van der Waals surface area contributed by atoms with Crippen LogP contribution in [0.5, 0.6) is 11.5 Å². The number of aromatic hydroxyl groups is 1. The van der Waals surface area contributed by atoms with E-state index in [1.807, 2.05) is 0 Å².